The Kier molecular flexibility index (Phi) is 4.15. The van der Waals surface area contributed by atoms with Crippen molar-refractivity contribution in [2.75, 3.05) is 30.7 Å². The molecule has 3 heterocycles. The van der Waals surface area contributed by atoms with Crippen LogP contribution in [0.1, 0.15) is 26.7 Å². The van der Waals surface area contributed by atoms with Gasteiger partial charge in [-0.2, -0.15) is 15.1 Å². The predicted octanol–water partition coefficient (Wildman–Crippen LogP) is 1.48. The van der Waals surface area contributed by atoms with Gasteiger partial charge in [0.1, 0.15) is 5.82 Å². The molecule has 0 aliphatic carbocycles. The molecule has 0 atom stereocenters. The van der Waals surface area contributed by atoms with Crippen LogP contribution in [0.2, 0.25) is 0 Å². The second-order valence-corrected chi connectivity index (χ2v) is 6.55. The first-order valence-corrected chi connectivity index (χ1v) is 7.97. The summed E-state index contributed by atoms with van der Waals surface area (Å²) in [6.07, 6.45) is 3.93. The van der Waals surface area contributed by atoms with Gasteiger partial charge < -0.3 is 16.0 Å². The molecule has 1 fully saturated rings. The number of aromatic nitrogens is 4. The Bertz CT molecular complexity index is 641. The number of hydrogen-bond donors (Lipinski definition) is 2. The molecule has 0 saturated carbocycles. The summed E-state index contributed by atoms with van der Waals surface area (Å²) in [5.74, 6) is 1.81. The van der Waals surface area contributed by atoms with E-state index >= 15 is 0 Å². The van der Waals surface area contributed by atoms with Crippen molar-refractivity contribution in [3.63, 3.8) is 0 Å². The van der Waals surface area contributed by atoms with Crippen LogP contribution < -0.4 is 11.1 Å². The average Bonchev–Trinajstić information content (AvgIpc) is 2.83. The Balaban J connectivity index is 1.66. The number of nitrogens with two attached hydrogens (primary N) is 1. The molecule has 7 heteroatoms. The quantitative estimate of drug-likeness (QED) is 0.890. The fourth-order valence-corrected chi connectivity index (χ4v) is 3.07. The van der Waals surface area contributed by atoms with Gasteiger partial charge in [0.25, 0.3) is 0 Å². The minimum atomic E-state index is 0.411. The van der Waals surface area contributed by atoms with Crippen molar-refractivity contribution in [1.82, 2.24) is 24.6 Å². The number of anilines is 2. The maximum absolute atomic E-state index is 6.00. The lowest BCUT2D eigenvalue weighted by Crippen LogP contribution is -2.40. The van der Waals surface area contributed by atoms with Crippen LogP contribution in [0.15, 0.2) is 6.20 Å². The van der Waals surface area contributed by atoms with Crippen LogP contribution in [0.3, 0.4) is 0 Å². The third kappa shape index (κ3) is 3.14. The molecule has 7 nitrogen and oxygen atoms in total. The SMILES string of the molecule is CC(C)CN1CCC(Nc2nc(N)c3cnn(C)c3n2)CC1. The largest absolute Gasteiger partial charge is 0.383 e. The van der Waals surface area contributed by atoms with Crippen LogP contribution in [0.25, 0.3) is 11.0 Å². The number of nitrogens with one attached hydrogen (secondary N) is 1. The van der Waals surface area contributed by atoms with Crippen molar-refractivity contribution in [2.45, 2.75) is 32.7 Å². The highest BCUT2D eigenvalue weighted by Gasteiger charge is 2.20. The van der Waals surface area contributed by atoms with Crippen LogP contribution in [0.4, 0.5) is 11.8 Å². The fourth-order valence-electron chi connectivity index (χ4n) is 3.07. The molecule has 120 valence electrons. The van der Waals surface area contributed by atoms with E-state index in [0.29, 0.717) is 17.8 Å². The van der Waals surface area contributed by atoms with Gasteiger partial charge in [-0.1, -0.05) is 13.8 Å². The number of likely N-dealkylation sites (tertiary alicyclic amines) is 1. The molecule has 1 aliphatic rings. The summed E-state index contributed by atoms with van der Waals surface area (Å²) in [6.45, 7) is 7.96. The van der Waals surface area contributed by atoms with E-state index in [4.69, 9.17) is 5.73 Å². The summed E-state index contributed by atoms with van der Waals surface area (Å²) < 4.78 is 1.73. The lowest BCUT2D eigenvalue weighted by atomic mass is 10.0. The van der Waals surface area contributed by atoms with Gasteiger partial charge in [-0.25, -0.2) is 0 Å². The molecule has 3 N–H and O–H groups in total. The molecule has 0 bridgehead atoms. The lowest BCUT2D eigenvalue weighted by Gasteiger charge is -2.33. The number of aryl methyl sites for hydroxylation is 1. The van der Waals surface area contributed by atoms with E-state index in [1.54, 1.807) is 10.9 Å². The monoisotopic (exact) mass is 303 g/mol. The van der Waals surface area contributed by atoms with Crippen molar-refractivity contribution >= 4 is 22.8 Å². The first-order chi connectivity index (χ1) is 10.5. The summed E-state index contributed by atoms with van der Waals surface area (Å²) in [6, 6.07) is 0.411. The van der Waals surface area contributed by atoms with Crippen LogP contribution in [0, 0.1) is 5.92 Å². The summed E-state index contributed by atoms with van der Waals surface area (Å²) in [4.78, 5) is 11.4. The zero-order chi connectivity index (χ0) is 15.7. The molecule has 2 aromatic rings. The third-order valence-electron chi connectivity index (χ3n) is 4.17. The molecular formula is C15H25N7. The maximum atomic E-state index is 6.00. The number of hydrogen-bond acceptors (Lipinski definition) is 6. The van der Waals surface area contributed by atoms with Gasteiger partial charge in [0.15, 0.2) is 5.65 Å². The molecular weight excluding hydrogens is 278 g/mol. The Morgan fingerprint density at radius 1 is 1.32 bits per heavy atom. The molecule has 1 aliphatic heterocycles. The molecule has 1 saturated heterocycles. The van der Waals surface area contributed by atoms with Crippen LogP contribution in [-0.2, 0) is 7.05 Å². The van der Waals surface area contributed by atoms with Gasteiger partial charge in [0, 0.05) is 32.7 Å². The van der Waals surface area contributed by atoms with Crippen molar-refractivity contribution < 1.29 is 0 Å². The number of rotatable bonds is 4. The zero-order valence-electron chi connectivity index (χ0n) is 13.6. The second kappa shape index (κ2) is 6.08. The molecule has 0 unspecified atom stereocenters. The normalized spacial score (nSPS) is 17.5. The van der Waals surface area contributed by atoms with Crippen molar-refractivity contribution in [1.29, 1.82) is 0 Å². The smallest absolute Gasteiger partial charge is 0.226 e. The van der Waals surface area contributed by atoms with Gasteiger partial charge in [-0.15, -0.1) is 0 Å². The molecule has 22 heavy (non-hydrogen) atoms. The van der Waals surface area contributed by atoms with Gasteiger partial charge in [-0.3, -0.25) is 4.68 Å². The summed E-state index contributed by atoms with van der Waals surface area (Å²) in [7, 11) is 1.86. The number of fused-ring (bicyclic) bond motifs is 1. The van der Waals surface area contributed by atoms with E-state index in [2.05, 4.69) is 39.1 Å². The first-order valence-electron chi connectivity index (χ1n) is 7.97. The highest BCUT2D eigenvalue weighted by atomic mass is 15.3. The molecule has 0 radical (unpaired) electrons. The van der Waals surface area contributed by atoms with E-state index in [1.165, 1.54) is 6.54 Å². The van der Waals surface area contributed by atoms with Crippen molar-refractivity contribution in [3.8, 4) is 0 Å². The van der Waals surface area contributed by atoms with E-state index in [1.807, 2.05) is 7.05 Å². The zero-order valence-corrected chi connectivity index (χ0v) is 13.6. The summed E-state index contributed by atoms with van der Waals surface area (Å²) in [5, 5.41) is 8.42. The van der Waals surface area contributed by atoms with Crippen LogP contribution in [0.5, 0.6) is 0 Å². The molecule has 3 rings (SSSR count). The summed E-state index contributed by atoms with van der Waals surface area (Å²) >= 11 is 0. The van der Waals surface area contributed by atoms with Gasteiger partial charge in [0.2, 0.25) is 5.95 Å². The Hall–Kier alpha value is -1.89. The average molecular weight is 303 g/mol. The molecule has 2 aromatic heterocycles. The predicted molar refractivity (Wildman–Crippen MR) is 88.6 cm³/mol. The lowest BCUT2D eigenvalue weighted by molar-refractivity contribution is 0.197. The van der Waals surface area contributed by atoms with Crippen molar-refractivity contribution in [2.24, 2.45) is 13.0 Å². The van der Waals surface area contributed by atoms with Gasteiger partial charge in [0.05, 0.1) is 11.6 Å². The number of nitrogens with zero attached hydrogens (tertiary/aromatic N) is 5. The maximum Gasteiger partial charge on any atom is 0.226 e. The number of piperidine rings is 1. The Labute approximate surface area is 130 Å². The van der Waals surface area contributed by atoms with Crippen molar-refractivity contribution in [3.05, 3.63) is 6.20 Å². The minimum Gasteiger partial charge on any atom is -0.383 e. The standard InChI is InChI=1S/C15H25N7/c1-10(2)9-22-6-4-11(5-7-22)18-15-19-13(16)12-8-17-21(3)14(12)20-15/h8,10-11H,4-7,9H2,1-3H3,(H3,16,18,19,20). The fraction of sp³-hybridized carbons (Fsp3) is 0.667. The van der Waals surface area contributed by atoms with Crippen LogP contribution >= 0.6 is 0 Å². The summed E-state index contributed by atoms with van der Waals surface area (Å²) in [5.41, 5.74) is 6.77. The van der Waals surface area contributed by atoms with Crippen LogP contribution in [-0.4, -0.2) is 50.3 Å². The van der Waals surface area contributed by atoms with E-state index in [0.717, 1.165) is 42.9 Å². The molecule has 0 spiro atoms. The van der Waals surface area contributed by atoms with E-state index in [9.17, 15) is 0 Å². The molecule has 0 aromatic carbocycles. The topological polar surface area (TPSA) is 84.9 Å². The first kappa shape index (κ1) is 15.0. The highest BCUT2D eigenvalue weighted by Crippen LogP contribution is 2.20. The van der Waals surface area contributed by atoms with Gasteiger partial charge in [-0.05, 0) is 18.8 Å². The van der Waals surface area contributed by atoms with E-state index in [-0.39, 0.29) is 0 Å². The molecule has 0 amide bonds. The third-order valence-corrected chi connectivity index (χ3v) is 4.17. The number of nitrogen functional groups attached to an aromatic ring is 1. The Morgan fingerprint density at radius 3 is 2.73 bits per heavy atom. The highest BCUT2D eigenvalue weighted by molar-refractivity contribution is 5.86. The Morgan fingerprint density at radius 2 is 2.05 bits per heavy atom. The van der Waals surface area contributed by atoms with Gasteiger partial charge >= 0.3 is 0 Å². The second-order valence-electron chi connectivity index (χ2n) is 6.55. The van der Waals surface area contributed by atoms with E-state index < -0.39 is 0 Å². The minimum absolute atomic E-state index is 0.411.